The van der Waals surface area contributed by atoms with Gasteiger partial charge in [-0.15, -0.1) is 0 Å². The lowest BCUT2D eigenvalue weighted by Gasteiger charge is -2.43. The van der Waals surface area contributed by atoms with Crippen LogP contribution in [0.25, 0.3) is 11.1 Å². The molecule has 3 aromatic carbocycles. The molecule has 7 nitrogen and oxygen atoms in total. The van der Waals surface area contributed by atoms with Crippen LogP contribution in [0.15, 0.2) is 85.5 Å². The molecule has 1 amide bonds. The quantitative estimate of drug-likeness (QED) is 0.0707. The van der Waals surface area contributed by atoms with Crippen molar-refractivity contribution >= 4 is 6.09 Å². The van der Waals surface area contributed by atoms with Crippen LogP contribution in [0.5, 0.6) is 0 Å². The number of carbonyl (C=O) groups is 1. The van der Waals surface area contributed by atoms with Gasteiger partial charge in [0.2, 0.25) is 0 Å². The number of alkyl carbamates (subject to hydrolysis) is 1. The van der Waals surface area contributed by atoms with Gasteiger partial charge in [0.15, 0.2) is 6.29 Å². The van der Waals surface area contributed by atoms with E-state index < -0.39 is 12.4 Å². The molecule has 1 saturated heterocycles. The summed E-state index contributed by atoms with van der Waals surface area (Å²) in [5, 5.41) is 12.5. The molecular formula is C46H66N2O5. The minimum Gasteiger partial charge on any atom is -0.445 e. The minimum absolute atomic E-state index is 0.00141. The summed E-state index contributed by atoms with van der Waals surface area (Å²) in [4.78, 5) is 14.6. The first-order valence-corrected chi connectivity index (χ1v) is 20.4. The van der Waals surface area contributed by atoms with Gasteiger partial charge in [0.05, 0.1) is 18.8 Å². The van der Waals surface area contributed by atoms with Crippen LogP contribution in [0, 0.1) is 5.92 Å². The molecule has 0 bridgehead atoms. The molecular weight excluding hydrogens is 661 g/mol. The zero-order chi connectivity index (χ0) is 37.7. The van der Waals surface area contributed by atoms with Crippen LogP contribution < -0.4 is 5.32 Å². The van der Waals surface area contributed by atoms with Gasteiger partial charge in [0, 0.05) is 24.6 Å². The number of nitrogens with zero attached hydrogens (tertiary/aromatic N) is 1. The summed E-state index contributed by atoms with van der Waals surface area (Å²) >= 11 is 0. The fourth-order valence-corrected chi connectivity index (χ4v) is 7.16. The fourth-order valence-electron chi connectivity index (χ4n) is 7.16. The highest BCUT2D eigenvalue weighted by molar-refractivity contribution is 5.68. The highest BCUT2D eigenvalue weighted by Gasteiger charge is 2.39. The Balaban J connectivity index is 1.50. The average molecular weight is 727 g/mol. The Kier molecular flexibility index (Phi) is 19.2. The van der Waals surface area contributed by atoms with E-state index in [4.69, 9.17) is 14.2 Å². The normalized spacial score (nSPS) is 18.6. The van der Waals surface area contributed by atoms with Crippen molar-refractivity contribution in [3.05, 3.63) is 108 Å². The Bertz CT molecular complexity index is 1440. The SMILES string of the molecule is C=CCOC(=O)NCc1cccc(-c2ccc([C@@H]3O[C@H](CN(CCCCCCCC)CCCCCCCC)[C@H](C)[C@H](c4ccc(CO)cc4)O3)cc2)c1. The van der Waals surface area contributed by atoms with Crippen molar-refractivity contribution < 1.29 is 24.1 Å². The smallest absolute Gasteiger partial charge is 0.407 e. The maximum atomic E-state index is 11.9. The Morgan fingerprint density at radius 2 is 1.42 bits per heavy atom. The minimum atomic E-state index is -0.505. The molecule has 7 heteroatoms. The van der Waals surface area contributed by atoms with Gasteiger partial charge in [-0.3, -0.25) is 0 Å². The van der Waals surface area contributed by atoms with Gasteiger partial charge in [-0.2, -0.15) is 0 Å². The second-order valence-electron chi connectivity index (χ2n) is 14.7. The number of unbranched alkanes of at least 4 members (excludes halogenated alkanes) is 10. The van der Waals surface area contributed by atoms with E-state index in [0.717, 1.165) is 53.0 Å². The second kappa shape index (κ2) is 24.0. The predicted molar refractivity (Wildman–Crippen MR) is 216 cm³/mol. The van der Waals surface area contributed by atoms with E-state index >= 15 is 0 Å². The van der Waals surface area contributed by atoms with Crippen LogP contribution in [0.2, 0.25) is 0 Å². The third-order valence-corrected chi connectivity index (χ3v) is 10.4. The van der Waals surface area contributed by atoms with Gasteiger partial charge < -0.3 is 29.5 Å². The molecule has 53 heavy (non-hydrogen) atoms. The number of rotatable bonds is 24. The number of amides is 1. The summed E-state index contributed by atoms with van der Waals surface area (Å²) in [6.07, 6.45) is 16.0. The van der Waals surface area contributed by atoms with E-state index in [1.165, 1.54) is 77.0 Å². The number of ether oxygens (including phenoxy) is 3. The van der Waals surface area contributed by atoms with E-state index in [0.29, 0.717) is 6.54 Å². The lowest BCUT2D eigenvalue weighted by atomic mass is 9.89. The van der Waals surface area contributed by atoms with Crippen LogP contribution >= 0.6 is 0 Å². The lowest BCUT2D eigenvalue weighted by molar-refractivity contribution is -0.276. The molecule has 0 spiro atoms. The molecule has 1 aliphatic heterocycles. The van der Waals surface area contributed by atoms with Crippen molar-refractivity contribution in [3.63, 3.8) is 0 Å². The highest BCUT2D eigenvalue weighted by Crippen LogP contribution is 2.42. The van der Waals surface area contributed by atoms with E-state index in [9.17, 15) is 9.90 Å². The van der Waals surface area contributed by atoms with E-state index in [2.05, 4.69) is 86.1 Å². The average Bonchev–Trinajstić information content (AvgIpc) is 3.19. The molecule has 1 fully saturated rings. The topological polar surface area (TPSA) is 80.3 Å². The highest BCUT2D eigenvalue weighted by atomic mass is 16.7. The molecule has 2 N–H and O–H groups in total. The summed E-state index contributed by atoms with van der Waals surface area (Å²) < 4.78 is 18.8. The number of carbonyl (C=O) groups excluding carboxylic acids is 1. The largest absolute Gasteiger partial charge is 0.445 e. The zero-order valence-electron chi connectivity index (χ0n) is 32.8. The molecule has 0 unspecified atom stereocenters. The van der Waals surface area contributed by atoms with Crippen LogP contribution in [0.4, 0.5) is 4.79 Å². The third kappa shape index (κ3) is 14.4. The third-order valence-electron chi connectivity index (χ3n) is 10.4. The van der Waals surface area contributed by atoms with Gasteiger partial charge in [-0.05, 0) is 59.8 Å². The maximum absolute atomic E-state index is 11.9. The van der Waals surface area contributed by atoms with Crippen molar-refractivity contribution in [3.8, 4) is 11.1 Å². The first-order valence-electron chi connectivity index (χ1n) is 20.4. The summed E-state index contributed by atoms with van der Waals surface area (Å²) in [6, 6.07) is 24.8. The van der Waals surface area contributed by atoms with E-state index in [1.807, 2.05) is 24.3 Å². The van der Waals surface area contributed by atoms with Crippen molar-refractivity contribution in [2.24, 2.45) is 5.92 Å². The Morgan fingerprint density at radius 3 is 2.04 bits per heavy atom. The number of hydrogen-bond acceptors (Lipinski definition) is 6. The molecule has 0 saturated carbocycles. The molecule has 0 aliphatic carbocycles. The van der Waals surface area contributed by atoms with Gasteiger partial charge in [-0.1, -0.05) is 164 Å². The van der Waals surface area contributed by atoms with Crippen LogP contribution in [0.3, 0.4) is 0 Å². The monoisotopic (exact) mass is 726 g/mol. The summed E-state index contributed by atoms with van der Waals surface area (Å²) in [7, 11) is 0. The van der Waals surface area contributed by atoms with E-state index in [-0.39, 0.29) is 31.3 Å². The van der Waals surface area contributed by atoms with Gasteiger partial charge in [0.25, 0.3) is 0 Å². The van der Waals surface area contributed by atoms with Gasteiger partial charge in [-0.25, -0.2) is 4.79 Å². The zero-order valence-corrected chi connectivity index (χ0v) is 32.8. The van der Waals surface area contributed by atoms with Crippen LogP contribution in [-0.4, -0.2) is 48.4 Å². The fraction of sp³-hybridized carbons (Fsp3) is 0.543. The van der Waals surface area contributed by atoms with Crippen molar-refractivity contribution in [2.75, 3.05) is 26.2 Å². The first-order chi connectivity index (χ1) is 25.9. The Morgan fingerprint density at radius 1 is 0.792 bits per heavy atom. The number of benzene rings is 3. The van der Waals surface area contributed by atoms with Crippen molar-refractivity contribution in [1.82, 2.24) is 10.2 Å². The second-order valence-corrected chi connectivity index (χ2v) is 14.7. The molecule has 290 valence electrons. The Labute approximate surface area is 320 Å². The van der Waals surface area contributed by atoms with Crippen LogP contribution in [0.1, 0.15) is 132 Å². The summed E-state index contributed by atoms with van der Waals surface area (Å²) in [5.41, 5.74) is 6.12. The molecule has 0 aromatic heterocycles. The molecule has 0 radical (unpaired) electrons. The van der Waals surface area contributed by atoms with Gasteiger partial charge in [0.1, 0.15) is 6.61 Å². The summed E-state index contributed by atoms with van der Waals surface area (Å²) in [6.45, 7) is 14.1. The predicted octanol–water partition coefficient (Wildman–Crippen LogP) is 11.1. The molecule has 1 aliphatic rings. The van der Waals surface area contributed by atoms with Crippen molar-refractivity contribution in [1.29, 1.82) is 0 Å². The number of aliphatic hydroxyl groups excluding tert-OH is 1. The first kappa shape index (κ1) is 42.3. The number of nitrogens with one attached hydrogen (secondary N) is 1. The molecule has 1 heterocycles. The lowest BCUT2D eigenvalue weighted by Crippen LogP contribution is -2.45. The number of aliphatic hydroxyl groups is 1. The summed E-state index contributed by atoms with van der Waals surface area (Å²) in [5.74, 6) is 0.146. The Hall–Kier alpha value is -3.49. The molecule has 4 atom stereocenters. The van der Waals surface area contributed by atoms with Crippen molar-refractivity contribution in [2.45, 2.75) is 129 Å². The molecule has 3 aromatic rings. The number of hydrogen-bond donors (Lipinski definition) is 2. The standard InChI is InChI=1S/C46H66N2O5/c1-5-8-10-12-14-16-29-48(30-17-15-13-11-9-6-2)34-43-36(4)44(40-23-21-37(35-49)22-24-40)53-45(52-43)41-27-25-39(26-28-41)42-20-18-19-38(32-42)33-47-46(50)51-31-7-3/h7,18-28,32,36,43-45,49H,3,5-6,8-17,29-31,33-35H2,1-2,4H3,(H,47,50)/t36-,43+,44+,45+/m0/s1. The molecule has 4 rings (SSSR count). The van der Waals surface area contributed by atoms with E-state index in [1.54, 1.807) is 6.08 Å². The van der Waals surface area contributed by atoms with Crippen LogP contribution in [-0.2, 0) is 27.4 Å². The maximum Gasteiger partial charge on any atom is 0.407 e. The van der Waals surface area contributed by atoms with Gasteiger partial charge >= 0.3 is 6.09 Å².